The van der Waals surface area contributed by atoms with Gasteiger partial charge in [-0.15, -0.1) is 0 Å². The molecule has 0 bridgehead atoms. The van der Waals surface area contributed by atoms with Crippen LogP contribution < -0.4 is 15.8 Å². The van der Waals surface area contributed by atoms with E-state index in [0.717, 1.165) is 55.4 Å². The number of nitrogens with one attached hydrogen (secondary N) is 1. The van der Waals surface area contributed by atoms with Crippen molar-refractivity contribution < 1.29 is 0 Å². The Morgan fingerprint density at radius 2 is 1.79 bits per heavy atom. The van der Waals surface area contributed by atoms with E-state index in [4.69, 9.17) is 4.98 Å². The topological polar surface area (TPSA) is 71.2 Å². The van der Waals surface area contributed by atoms with Crippen molar-refractivity contribution in [2.24, 2.45) is 7.05 Å². The molecular weight excluding hydrogens is 426 g/mol. The first-order valence-corrected chi connectivity index (χ1v) is 12.5. The van der Waals surface area contributed by atoms with Crippen molar-refractivity contribution in [1.29, 1.82) is 0 Å². The maximum Gasteiger partial charge on any atom is 0.276 e. The molecule has 34 heavy (non-hydrogen) atoms. The highest BCUT2D eigenvalue weighted by molar-refractivity contribution is 5.43. The van der Waals surface area contributed by atoms with Crippen molar-refractivity contribution in [3.8, 4) is 5.69 Å². The summed E-state index contributed by atoms with van der Waals surface area (Å²) in [7, 11) is 1.95. The average Bonchev–Trinajstić information content (AvgIpc) is 3.22. The van der Waals surface area contributed by atoms with E-state index in [1.165, 1.54) is 25.7 Å². The minimum Gasteiger partial charge on any atom is -0.356 e. The van der Waals surface area contributed by atoms with Gasteiger partial charge in [0.2, 0.25) is 5.95 Å². The Kier molecular flexibility index (Phi) is 6.67. The van der Waals surface area contributed by atoms with Crippen LogP contribution in [-0.4, -0.2) is 56.5 Å². The van der Waals surface area contributed by atoms with Gasteiger partial charge in [0.25, 0.3) is 5.56 Å². The third-order valence-corrected chi connectivity index (χ3v) is 7.23. The standard InChI is InChI=1S/C26H35N7O/c1-20-23(25(34)33(30(20)2)22-10-6-5-7-11-22)19-31-17-13-21(18-31)28-26-27-14-12-24(29-26)32-15-8-3-4-9-16-32/h5-7,10-12,14,21H,3-4,8-9,13,15-19H2,1-2H3,(H,27,28,29). The summed E-state index contributed by atoms with van der Waals surface area (Å²) in [5.41, 5.74) is 2.84. The van der Waals surface area contributed by atoms with Gasteiger partial charge in [-0.3, -0.25) is 14.4 Å². The van der Waals surface area contributed by atoms with Crippen LogP contribution in [0.2, 0.25) is 0 Å². The fourth-order valence-electron chi connectivity index (χ4n) is 5.20. The van der Waals surface area contributed by atoms with Gasteiger partial charge in [-0.2, -0.15) is 4.98 Å². The number of nitrogens with zero attached hydrogens (tertiary/aromatic N) is 6. The van der Waals surface area contributed by atoms with Crippen LogP contribution in [0.4, 0.5) is 11.8 Å². The number of benzene rings is 1. The minimum atomic E-state index is 0.0658. The molecule has 1 aromatic carbocycles. The van der Waals surface area contributed by atoms with Crippen molar-refractivity contribution in [1.82, 2.24) is 24.2 Å². The van der Waals surface area contributed by atoms with Crippen molar-refractivity contribution in [2.75, 3.05) is 36.4 Å². The monoisotopic (exact) mass is 461 g/mol. The van der Waals surface area contributed by atoms with Crippen molar-refractivity contribution >= 4 is 11.8 Å². The number of aromatic nitrogens is 4. The normalized spacial score (nSPS) is 19.4. The van der Waals surface area contributed by atoms with Gasteiger partial charge in [-0.25, -0.2) is 9.67 Å². The van der Waals surface area contributed by atoms with Crippen molar-refractivity contribution in [2.45, 2.75) is 51.6 Å². The molecule has 5 rings (SSSR count). The van der Waals surface area contributed by atoms with E-state index in [2.05, 4.69) is 20.1 Å². The predicted octanol–water partition coefficient (Wildman–Crippen LogP) is 3.34. The zero-order valence-corrected chi connectivity index (χ0v) is 20.3. The Hall–Kier alpha value is -3.13. The lowest BCUT2D eigenvalue weighted by Crippen LogP contribution is -2.29. The second kappa shape index (κ2) is 10.0. The van der Waals surface area contributed by atoms with E-state index in [1.807, 2.05) is 61.2 Å². The van der Waals surface area contributed by atoms with Crippen LogP contribution in [0.3, 0.4) is 0 Å². The summed E-state index contributed by atoms with van der Waals surface area (Å²) in [5, 5.41) is 3.54. The molecule has 8 nitrogen and oxygen atoms in total. The fourth-order valence-corrected chi connectivity index (χ4v) is 5.20. The minimum absolute atomic E-state index is 0.0658. The highest BCUT2D eigenvalue weighted by Gasteiger charge is 2.26. The summed E-state index contributed by atoms with van der Waals surface area (Å²) < 4.78 is 3.72. The number of rotatable bonds is 6. The van der Waals surface area contributed by atoms with Gasteiger partial charge >= 0.3 is 0 Å². The lowest BCUT2D eigenvalue weighted by Gasteiger charge is -2.22. The maximum atomic E-state index is 13.3. The molecule has 0 radical (unpaired) electrons. The number of anilines is 2. The highest BCUT2D eigenvalue weighted by Crippen LogP contribution is 2.21. The van der Waals surface area contributed by atoms with E-state index < -0.39 is 0 Å². The molecule has 0 amide bonds. The van der Waals surface area contributed by atoms with E-state index in [1.54, 1.807) is 4.68 Å². The molecule has 0 aliphatic carbocycles. The smallest absolute Gasteiger partial charge is 0.276 e. The summed E-state index contributed by atoms with van der Waals surface area (Å²) in [5.74, 6) is 1.73. The van der Waals surface area contributed by atoms with Crippen LogP contribution in [0.15, 0.2) is 47.4 Å². The van der Waals surface area contributed by atoms with Crippen LogP contribution in [0.5, 0.6) is 0 Å². The lowest BCUT2D eigenvalue weighted by molar-refractivity contribution is 0.327. The Morgan fingerprint density at radius 1 is 1.03 bits per heavy atom. The molecule has 2 saturated heterocycles. The van der Waals surface area contributed by atoms with Gasteiger partial charge in [0.05, 0.1) is 11.3 Å². The maximum absolute atomic E-state index is 13.3. The third-order valence-electron chi connectivity index (χ3n) is 7.23. The summed E-state index contributed by atoms with van der Waals surface area (Å²) in [6.07, 6.45) is 7.95. The van der Waals surface area contributed by atoms with Gasteiger partial charge in [0.1, 0.15) is 5.82 Å². The lowest BCUT2D eigenvalue weighted by atomic mass is 10.2. The summed E-state index contributed by atoms with van der Waals surface area (Å²) in [4.78, 5) is 27.3. The highest BCUT2D eigenvalue weighted by atomic mass is 16.1. The van der Waals surface area contributed by atoms with Crippen LogP contribution in [0.25, 0.3) is 5.69 Å². The molecule has 2 fully saturated rings. The molecule has 1 N–H and O–H groups in total. The molecule has 1 unspecified atom stereocenters. The molecule has 8 heteroatoms. The molecule has 0 spiro atoms. The van der Waals surface area contributed by atoms with Gasteiger partial charge in [0.15, 0.2) is 0 Å². The Balaban J connectivity index is 1.24. The van der Waals surface area contributed by atoms with Crippen LogP contribution >= 0.6 is 0 Å². The van der Waals surface area contributed by atoms with Crippen LogP contribution in [0.1, 0.15) is 43.4 Å². The van der Waals surface area contributed by atoms with Gasteiger partial charge in [-0.1, -0.05) is 31.0 Å². The molecule has 4 heterocycles. The zero-order chi connectivity index (χ0) is 23.5. The van der Waals surface area contributed by atoms with E-state index in [-0.39, 0.29) is 11.6 Å². The first-order valence-electron chi connectivity index (χ1n) is 12.5. The number of likely N-dealkylation sites (tertiary alicyclic amines) is 1. The third kappa shape index (κ3) is 4.73. The molecule has 3 aromatic rings. The zero-order valence-electron chi connectivity index (χ0n) is 20.3. The number of para-hydroxylation sites is 1. The average molecular weight is 462 g/mol. The second-order valence-corrected chi connectivity index (χ2v) is 9.54. The first-order chi connectivity index (χ1) is 16.6. The second-order valence-electron chi connectivity index (χ2n) is 9.54. The summed E-state index contributed by atoms with van der Waals surface area (Å²) >= 11 is 0. The molecular formula is C26H35N7O. The summed E-state index contributed by atoms with van der Waals surface area (Å²) in [6.45, 7) is 6.66. The largest absolute Gasteiger partial charge is 0.356 e. The summed E-state index contributed by atoms with van der Waals surface area (Å²) in [6, 6.07) is 12.1. The predicted molar refractivity (Wildman–Crippen MR) is 136 cm³/mol. The van der Waals surface area contributed by atoms with Crippen LogP contribution in [-0.2, 0) is 13.6 Å². The van der Waals surface area contributed by atoms with Crippen molar-refractivity contribution in [3.63, 3.8) is 0 Å². The Bertz CT molecular complexity index is 1160. The Morgan fingerprint density at radius 3 is 2.56 bits per heavy atom. The van der Waals surface area contributed by atoms with Crippen molar-refractivity contribution in [3.05, 3.63) is 64.2 Å². The molecule has 180 valence electrons. The van der Waals surface area contributed by atoms with Gasteiger partial charge in [0, 0.05) is 57.7 Å². The number of hydrogen-bond donors (Lipinski definition) is 1. The molecule has 2 aliphatic heterocycles. The molecule has 2 aliphatic rings. The van der Waals surface area contributed by atoms with Gasteiger partial charge in [-0.05, 0) is 44.4 Å². The fraction of sp³-hybridized carbons (Fsp3) is 0.500. The molecule has 0 saturated carbocycles. The van der Waals surface area contributed by atoms with E-state index in [0.29, 0.717) is 12.5 Å². The first kappa shape index (κ1) is 22.7. The van der Waals surface area contributed by atoms with E-state index >= 15 is 0 Å². The Labute approximate surface area is 201 Å². The van der Waals surface area contributed by atoms with Crippen LogP contribution in [0, 0.1) is 6.92 Å². The molecule has 2 aromatic heterocycles. The quantitative estimate of drug-likeness (QED) is 0.607. The molecule has 1 atom stereocenters. The van der Waals surface area contributed by atoms with Gasteiger partial charge < -0.3 is 10.2 Å². The van der Waals surface area contributed by atoms with E-state index in [9.17, 15) is 4.79 Å². The number of hydrogen-bond acceptors (Lipinski definition) is 6. The SMILES string of the molecule is Cc1c(CN2CCC(Nc3nccc(N4CCCCCC4)n3)C2)c(=O)n(-c2ccccc2)n1C.